The second-order valence-electron chi connectivity index (χ2n) is 2.31. The molecule has 0 unspecified atom stereocenters. The van der Waals surface area contributed by atoms with Crippen LogP contribution in [0.5, 0.6) is 0 Å². The molecule has 0 fully saturated rings. The summed E-state index contributed by atoms with van der Waals surface area (Å²) in [5.74, 6) is 1.88. The minimum atomic E-state index is 0.722. The first-order valence-electron chi connectivity index (χ1n) is 4.75. The quantitative estimate of drug-likeness (QED) is 0.617. The highest BCUT2D eigenvalue weighted by molar-refractivity contribution is 7.98. The van der Waals surface area contributed by atoms with Gasteiger partial charge in [0, 0.05) is 29.1 Å². The fourth-order valence-corrected chi connectivity index (χ4v) is 1.86. The van der Waals surface area contributed by atoms with Crippen molar-refractivity contribution in [2.75, 3.05) is 12.3 Å². The molecule has 0 spiro atoms. The zero-order valence-electron chi connectivity index (χ0n) is 8.73. The Hall–Kier alpha value is -0.190. The van der Waals surface area contributed by atoms with Gasteiger partial charge in [0.2, 0.25) is 0 Å². The van der Waals surface area contributed by atoms with Crippen LogP contribution in [0.3, 0.4) is 0 Å². The first-order chi connectivity index (χ1) is 6.84. The number of nitrogens with two attached hydrogens (primary N) is 1. The van der Waals surface area contributed by atoms with E-state index in [9.17, 15) is 0 Å². The van der Waals surface area contributed by atoms with Crippen LogP contribution in [0.2, 0.25) is 0 Å². The molecule has 0 amide bonds. The molecule has 80 valence electrons. The number of hydrogen-bond donors (Lipinski definition) is 2. The first-order valence-corrected chi connectivity index (χ1v) is 6.35. The van der Waals surface area contributed by atoms with E-state index in [0.29, 0.717) is 0 Å². The molecular weight excluding hydrogens is 212 g/mol. The van der Waals surface area contributed by atoms with E-state index in [1.165, 1.54) is 0 Å². The van der Waals surface area contributed by atoms with Crippen LogP contribution in [0.4, 0.5) is 0 Å². The Bertz CT molecular complexity index is 241. The standard InChI is InChI=1S/C8H12N2S2.C2H6/c9-3-5-12-6-7-8(11)2-1-4-10-7;1-2/h1-2,4,11H,3,5-6,9H2;1-2H3. The number of hydrogen-bond acceptors (Lipinski definition) is 4. The minimum absolute atomic E-state index is 0.722. The van der Waals surface area contributed by atoms with E-state index in [4.69, 9.17) is 5.73 Å². The van der Waals surface area contributed by atoms with E-state index in [0.717, 1.165) is 28.6 Å². The molecule has 0 aliphatic heterocycles. The molecule has 2 N–H and O–H groups in total. The number of pyridine rings is 1. The van der Waals surface area contributed by atoms with Gasteiger partial charge in [-0.2, -0.15) is 11.8 Å². The summed E-state index contributed by atoms with van der Waals surface area (Å²) in [7, 11) is 0. The van der Waals surface area contributed by atoms with Gasteiger partial charge < -0.3 is 5.73 Å². The Labute approximate surface area is 96.1 Å². The highest BCUT2D eigenvalue weighted by Crippen LogP contribution is 2.16. The van der Waals surface area contributed by atoms with Gasteiger partial charge in [-0.15, -0.1) is 12.6 Å². The molecular formula is C10H18N2S2. The van der Waals surface area contributed by atoms with Gasteiger partial charge in [0.15, 0.2) is 0 Å². The van der Waals surface area contributed by atoms with Gasteiger partial charge in [-0.3, -0.25) is 4.98 Å². The lowest BCUT2D eigenvalue weighted by Crippen LogP contribution is -2.01. The molecule has 0 saturated carbocycles. The van der Waals surface area contributed by atoms with Crippen molar-refractivity contribution >= 4 is 24.4 Å². The summed E-state index contributed by atoms with van der Waals surface area (Å²) in [6.45, 7) is 4.72. The van der Waals surface area contributed by atoms with Crippen molar-refractivity contribution in [1.29, 1.82) is 0 Å². The molecule has 14 heavy (non-hydrogen) atoms. The van der Waals surface area contributed by atoms with Gasteiger partial charge in [-0.1, -0.05) is 13.8 Å². The molecule has 1 rings (SSSR count). The summed E-state index contributed by atoms with van der Waals surface area (Å²) in [4.78, 5) is 5.17. The third-order valence-electron chi connectivity index (χ3n) is 1.37. The van der Waals surface area contributed by atoms with Crippen LogP contribution < -0.4 is 5.73 Å². The summed E-state index contributed by atoms with van der Waals surface area (Å²) in [6.07, 6.45) is 1.79. The van der Waals surface area contributed by atoms with Crippen molar-refractivity contribution < 1.29 is 0 Å². The number of rotatable bonds is 4. The van der Waals surface area contributed by atoms with Crippen molar-refractivity contribution in [3.05, 3.63) is 24.0 Å². The fraction of sp³-hybridized carbons (Fsp3) is 0.500. The maximum atomic E-state index is 5.37. The van der Waals surface area contributed by atoms with Crippen molar-refractivity contribution in [1.82, 2.24) is 4.98 Å². The molecule has 0 saturated heterocycles. The predicted molar refractivity (Wildman–Crippen MR) is 68.1 cm³/mol. The Kier molecular flexibility index (Phi) is 9.24. The van der Waals surface area contributed by atoms with Crippen LogP contribution in [0, 0.1) is 0 Å². The van der Waals surface area contributed by atoms with Crippen molar-refractivity contribution in [3.63, 3.8) is 0 Å². The molecule has 2 nitrogen and oxygen atoms in total. The van der Waals surface area contributed by atoms with Crippen LogP contribution in [0.25, 0.3) is 0 Å². The summed E-state index contributed by atoms with van der Waals surface area (Å²) < 4.78 is 0. The van der Waals surface area contributed by atoms with Crippen LogP contribution >= 0.6 is 24.4 Å². The normalized spacial score (nSPS) is 9.14. The SMILES string of the molecule is CC.NCCSCc1ncccc1S. The topological polar surface area (TPSA) is 38.9 Å². The Morgan fingerprint density at radius 3 is 2.79 bits per heavy atom. The lowest BCUT2D eigenvalue weighted by molar-refractivity contribution is 1.09. The largest absolute Gasteiger partial charge is 0.330 e. The number of nitrogens with zero attached hydrogens (tertiary/aromatic N) is 1. The van der Waals surface area contributed by atoms with Gasteiger partial charge in [0.05, 0.1) is 5.69 Å². The average Bonchev–Trinajstić information content (AvgIpc) is 2.24. The lowest BCUT2D eigenvalue weighted by Gasteiger charge is -2.01. The summed E-state index contributed by atoms with van der Waals surface area (Å²) >= 11 is 6.08. The van der Waals surface area contributed by atoms with E-state index in [1.807, 2.05) is 26.0 Å². The first kappa shape index (κ1) is 13.8. The highest BCUT2D eigenvalue weighted by atomic mass is 32.2. The summed E-state index contributed by atoms with van der Waals surface area (Å²) in [6, 6.07) is 3.84. The minimum Gasteiger partial charge on any atom is -0.330 e. The number of thiol groups is 1. The monoisotopic (exact) mass is 230 g/mol. The second kappa shape index (κ2) is 9.37. The Balaban J connectivity index is 0.000000791. The van der Waals surface area contributed by atoms with Crippen molar-refractivity contribution in [2.45, 2.75) is 24.5 Å². The molecule has 1 heterocycles. The maximum Gasteiger partial charge on any atom is 0.0635 e. The molecule has 0 aliphatic carbocycles. The fourth-order valence-electron chi connectivity index (χ4n) is 0.793. The lowest BCUT2D eigenvalue weighted by atomic mass is 10.4. The van der Waals surface area contributed by atoms with Crippen molar-refractivity contribution in [2.24, 2.45) is 5.73 Å². The second-order valence-corrected chi connectivity index (χ2v) is 3.90. The van der Waals surface area contributed by atoms with Crippen LogP contribution in [0.15, 0.2) is 23.2 Å². The van der Waals surface area contributed by atoms with E-state index in [-0.39, 0.29) is 0 Å². The molecule has 4 heteroatoms. The molecule has 1 aromatic rings. The number of thioether (sulfide) groups is 1. The summed E-state index contributed by atoms with van der Waals surface area (Å²) in [5, 5.41) is 0. The Morgan fingerprint density at radius 1 is 1.50 bits per heavy atom. The van der Waals surface area contributed by atoms with Gasteiger partial charge >= 0.3 is 0 Å². The van der Waals surface area contributed by atoms with E-state index in [2.05, 4.69) is 17.6 Å². The van der Waals surface area contributed by atoms with E-state index >= 15 is 0 Å². The zero-order valence-corrected chi connectivity index (χ0v) is 10.4. The molecule has 1 aromatic heterocycles. The highest BCUT2D eigenvalue weighted by Gasteiger charge is 1.97. The summed E-state index contributed by atoms with van der Waals surface area (Å²) in [5.41, 5.74) is 6.41. The molecule has 0 radical (unpaired) electrons. The zero-order chi connectivity index (χ0) is 10.8. The van der Waals surface area contributed by atoms with Crippen molar-refractivity contribution in [3.8, 4) is 0 Å². The maximum absolute atomic E-state index is 5.37. The Morgan fingerprint density at radius 2 is 2.21 bits per heavy atom. The molecule has 0 atom stereocenters. The van der Waals surface area contributed by atoms with Crippen LogP contribution in [0.1, 0.15) is 19.5 Å². The van der Waals surface area contributed by atoms with Crippen LogP contribution in [-0.4, -0.2) is 17.3 Å². The van der Waals surface area contributed by atoms with E-state index < -0.39 is 0 Å². The average molecular weight is 230 g/mol. The van der Waals surface area contributed by atoms with Gasteiger partial charge in [-0.05, 0) is 12.1 Å². The molecule has 0 aliphatic rings. The third-order valence-corrected chi connectivity index (χ3v) is 2.78. The molecule has 0 bridgehead atoms. The predicted octanol–water partition coefficient (Wildman–Crippen LogP) is 2.59. The van der Waals surface area contributed by atoms with Gasteiger partial charge in [0.25, 0.3) is 0 Å². The third kappa shape index (κ3) is 5.52. The van der Waals surface area contributed by atoms with Gasteiger partial charge in [0.1, 0.15) is 0 Å². The molecule has 0 aromatic carbocycles. The van der Waals surface area contributed by atoms with E-state index in [1.54, 1.807) is 18.0 Å². The van der Waals surface area contributed by atoms with Crippen LogP contribution in [-0.2, 0) is 5.75 Å². The number of aromatic nitrogens is 1. The van der Waals surface area contributed by atoms with Gasteiger partial charge in [-0.25, -0.2) is 0 Å². The smallest absolute Gasteiger partial charge is 0.0635 e.